The molecule has 1 aliphatic rings. The maximum Gasteiger partial charge on any atom is 0.328 e. The second-order valence-electron chi connectivity index (χ2n) is 8.63. The average Bonchev–Trinajstić information content (AvgIpc) is 3.36. The number of aliphatic hydroxyl groups is 2. The summed E-state index contributed by atoms with van der Waals surface area (Å²) in [5.74, 6) is -6.03. The molecule has 0 radical (unpaired) electrons. The van der Waals surface area contributed by atoms with Gasteiger partial charge in [0.2, 0.25) is 35.4 Å². The first-order valence-electron chi connectivity index (χ1n) is 11.8. The van der Waals surface area contributed by atoms with Crippen molar-refractivity contribution >= 4 is 41.4 Å². The molecular formula is C21H35N7O10. The molecule has 1 rings (SSSR count). The summed E-state index contributed by atoms with van der Waals surface area (Å²) in [6.07, 6.45) is 0.756. The Kier molecular flexibility index (Phi) is 13.1. The Morgan fingerprint density at radius 3 is 2.16 bits per heavy atom. The molecule has 0 aromatic heterocycles. The summed E-state index contributed by atoms with van der Waals surface area (Å²) in [6, 6.07) is -6.19. The van der Waals surface area contributed by atoms with Gasteiger partial charge in [-0.2, -0.15) is 0 Å². The fraction of sp³-hybridized carbons (Fsp3) is 0.667. The van der Waals surface area contributed by atoms with Gasteiger partial charge in [-0.3, -0.25) is 28.8 Å². The number of carboxylic acid groups (broad SMARTS) is 1. The summed E-state index contributed by atoms with van der Waals surface area (Å²) in [7, 11) is 0. The number of nitrogens with one attached hydrogen (secondary N) is 4. The third-order valence-electron chi connectivity index (χ3n) is 5.66. The monoisotopic (exact) mass is 545 g/mol. The molecule has 11 N–H and O–H groups in total. The first-order valence-corrected chi connectivity index (χ1v) is 11.8. The summed E-state index contributed by atoms with van der Waals surface area (Å²) < 4.78 is 0. The Bertz CT molecular complexity index is 915. The minimum atomic E-state index is -1.57. The van der Waals surface area contributed by atoms with Crippen LogP contribution in [0.15, 0.2) is 0 Å². The molecule has 5 atom stereocenters. The van der Waals surface area contributed by atoms with Gasteiger partial charge < -0.3 is 53.0 Å². The molecule has 0 bridgehead atoms. The number of aliphatic hydroxyl groups excluding tert-OH is 2. The number of hydrogen-bond donors (Lipinski definition) is 9. The Morgan fingerprint density at radius 2 is 1.61 bits per heavy atom. The van der Waals surface area contributed by atoms with Crippen molar-refractivity contribution in [2.75, 3.05) is 26.3 Å². The highest BCUT2D eigenvalue weighted by Crippen LogP contribution is 2.19. The van der Waals surface area contributed by atoms with Crippen LogP contribution in [0.2, 0.25) is 0 Å². The first kappa shape index (κ1) is 32.2. The molecule has 6 amide bonds. The van der Waals surface area contributed by atoms with E-state index in [-0.39, 0.29) is 19.4 Å². The van der Waals surface area contributed by atoms with Crippen molar-refractivity contribution in [3.63, 3.8) is 0 Å². The zero-order valence-electron chi connectivity index (χ0n) is 20.8. The molecule has 17 heteroatoms. The van der Waals surface area contributed by atoms with Crippen LogP contribution >= 0.6 is 0 Å². The Labute approximate surface area is 217 Å². The highest BCUT2D eigenvalue weighted by Gasteiger charge is 2.37. The van der Waals surface area contributed by atoms with Gasteiger partial charge >= 0.3 is 5.97 Å². The van der Waals surface area contributed by atoms with E-state index in [4.69, 9.17) is 21.7 Å². The number of hydrogen-bond acceptors (Lipinski definition) is 10. The van der Waals surface area contributed by atoms with Crippen LogP contribution in [0.25, 0.3) is 0 Å². The van der Waals surface area contributed by atoms with Crippen LogP contribution in [-0.4, -0.2) is 118 Å². The highest BCUT2D eigenvalue weighted by atomic mass is 16.4. The normalized spacial score (nSPS) is 17.9. The van der Waals surface area contributed by atoms with Crippen molar-refractivity contribution in [1.82, 2.24) is 26.2 Å². The van der Waals surface area contributed by atoms with Crippen molar-refractivity contribution in [2.24, 2.45) is 11.5 Å². The van der Waals surface area contributed by atoms with E-state index in [0.29, 0.717) is 12.8 Å². The predicted octanol–water partition coefficient (Wildman–Crippen LogP) is -5.77. The van der Waals surface area contributed by atoms with Crippen molar-refractivity contribution in [1.29, 1.82) is 0 Å². The van der Waals surface area contributed by atoms with E-state index in [1.165, 1.54) is 11.8 Å². The Morgan fingerprint density at radius 1 is 0.974 bits per heavy atom. The van der Waals surface area contributed by atoms with Crippen molar-refractivity contribution in [3.8, 4) is 0 Å². The minimum Gasteiger partial charge on any atom is -0.480 e. The maximum absolute atomic E-state index is 12.8. The second-order valence-corrected chi connectivity index (χ2v) is 8.63. The van der Waals surface area contributed by atoms with Gasteiger partial charge in [-0.15, -0.1) is 0 Å². The lowest BCUT2D eigenvalue weighted by Crippen LogP contribution is -2.57. The van der Waals surface area contributed by atoms with E-state index in [9.17, 15) is 38.7 Å². The fourth-order valence-corrected chi connectivity index (χ4v) is 3.52. The summed E-state index contributed by atoms with van der Waals surface area (Å²) in [4.78, 5) is 84.9. The first-order chi connectivity index (χ1) is 17.8. The molecule has 0 aromatic carbocycles. The summed E-state index contributed by atoms with van der Waals surface area (Å²) in [5, 5.41) is 35.9. The quantitative estimate of drug-likeness (QED) is 0.0934. The molecule has 0 saturated carbocycles. The number of amides is 6. The molecule has 38 heavy (non-hydrogen) atoms. The van der Waals surface area contributed by atoms with E-state index >= 15 is 0 Å². The van der Waals surface area contributed by atoms with Crippen molar-refractivity contribution in [3.05, 3.63) is 0 Å². The number of likely N-dealkylation sites (tertiary alicyclic amines) is 1. The van der Waals surface area contributed by atoms with Gasteiger partial charge in [-0.1, -0.05) is 0 Å². The lowest BCUT2D eigenvalue weighted by Gasteiger charge is -2.28. The van der Waals surface area contributed by atoms with Crippen LogP contribution in [0.5, 0.6) is 0 Å². The molecule has 1 saturated heterocycles. The third kappa shape index (κ3) is 9.91. The molecule has 1 heterocycles. The molecule has 5 unspecified atom stereocenters. The van der Waals surface area contributed by atoms with Crippen LogP contribution in [0.4, 0.5) is 0 Å². The number of aliphatic carboxylic acids is 1. The van der Waals surface area contributed by atoms with Gasteiger partial charge in [0.1, 0.15) is 24.2 Å². The van der Waals surface area contributed by atoms with Crippen molar-refractivity contribution in [2.45, 2.75) is 62.8 Å². The molecule has 0 aliphatic carbocycles. The maximum atomic E-state index is 12.8. The number of primary amides is 1. The molecule has 0 spiro atoms. The van der Waals surface area contributed by atoms with Gasteiger partial charge in [0, 0.05) is 13.0 Å². The topological polar surface area (TPSA) is 284 Å². The average molecular weight is 546 g/mol. The molecule has 214 valence electrons. The summed E-state index contributed by atoms with van der Waals surface area (Å²) >= 11 is 0. The van der Waals surface area contributed by atoms with E-state index < -0.39 is 91.4 Å². The molecular weight excluding hydrogens is 510 g/mol. The van der Waals surface area contributed by atoms with Crippen LogP contribution in [0.3, 0.4) is 0 Å². The van der Waals surface area contributed by atoms with Gasteiger partial charge in [0.15, 0.2) is 0 Å². The standard InChI is InChI=1S/C21H35N7O10/c1-10(25-19(35)14-3-2-6-28(14)20(36)11(22)4-5-15(23)31)17(33)27-12(8-29)18(34)24-7-16(32)26-13(9-30)21(37)38/h10-14,29-30H,2-9,22H2,1H3,(H2,23,31)(H,24,34)(H,25,35)(H,26,32)(H,27,33)(H,37,38). The number of rotatable bonds is 15. The van der Waals surface area contributed by atoms with Crippen molar-refractivity contribution < 1.29 is 48.9 Å². The van der Waals surface area contributed by atoms with E-state index in [1.54, 1.807) is 0 Å². The number of nitrogens with two attached hydrogens (primary N) is 2. The summed E-state index contributed by atoms with van der Waals surface area (Å²) in [5.41, 5.74) is 10.9. The van der Waals surface area contributed by atoms with Gasteiger partial charge in [-0.25, -0.2) is 4.79 Å². The van der Waals surface area contributed by atoms with E-state index in [0.717, 1.165) is 0 Å². The smallest absolute Gasteiger partial charge is 0.328 e. The van der Waals surface area contributed by atoms with E-state index in [1.807, 2.05) is 5.32 Å². The highest BCUT2D eigenvalue weighted by molar-refractivity contribution is 5.95. The number of carbonyl (C=O) groups excluding carboxylic acids is 6. The Hall–Kier alpha value is -3.83. The van der Waals surface area contributed by atoms with Crippen LogP contribution in [0.1, 0.15) is 32.6 Å². The van der Waals surface area contributed by atoms with Crippen LogP contribution in [0, 0.1) is 0 Å². The van der Waals surface area contributed by atoms with Gasteiger partial charge in [0.25, 0.3) is 0 Å². The SMILES string of the molecule is CC(NC(=O)C1CCCN1C(=O)C(N)CCC(N)=O)C(=O)NC(CO)C(=O)NCC(=O)NC(CO)C(=O)O. The number of carbonyl (C=O) groups is 7. The lowest BCUT2D eigenvalue weighted by molar-refractivity contribution is -0.143. The van der Waals surface area contributed by atoms with Gasteiger partial charge in [0.05, 0.1) is 25.8 Å². The second kappa shape index (κ2) is 15.4. The zero-order valence-corrected chi connectivity index (χ0v) is 20.8. The molecule has 1 aliphatic heterocycles. The van der Waals surface area contributed by atoms with E-state index in [2.05, 4.69) is 16.0 Å². The molecule has 1 fully saturated rings. The molecule has 17 nitrogen and oxygen atoms in total. The lowest BCUT2D eigenvalue weighted by atomic mass is 10.1. The number of carboxylic acids is 1. The third-order valence-corrected chi connectivity index (χ3v) is 5.66. The van der Waals surface area contributed by atoms with Crippen LogP contribution < -0.4 is 32.7 Å². The zero-order chi connectivity index (χ0) is 29.0. The predicted molar refractivity (Wildman–Crippen MR) is 127 cm³/mol. The molecule has 0 aromatic rings. The minimum absolute atomic E-state index is 0.0195. The van der Waals surface area contributed by atoms with Gasteiger partial charge in [-0.05, 0) is 26.2 Å². The van der Waals surface area contributed by atoms with Crippen LogP contribution in [-0.2, 0) is 33.6 Å². The summed E-state index contributed by atoms with van der Waals surface area (Å²) in [6.45, 7) is -0.860. The fourth-order valence-electron chi connectivity index (χ4n) is 3.52. The number of nitrogens with zero attached hydrogens (tertiary/aromatic N) is 1. The Balaban J connectivity index is 2.63. The largest absolute Gasteiger partial charge is 0.480 e.